The summed E-state index contributed by atoms with van der Waals surface area (Å²) in [5, 5.41) is 17.1. The molecule has 1 aliphatic rings. The van der Waals surface area contributed by atoms with Crippen molar-refractivity contribution in [2.24, 2.45) is 0 Å². The molecule has 0 aliphatic heterocycles. The second-order valence-electron chi connectivity index (χ2n) is 4.38. The Bertz CT molecular complexity index is 462. The second kappa shape index (κ2) is 5.79. The molecule has 19 heavy (non-hydrogen) atoms. The first-order valence-electron chi connectivity index (χ1n) is 6.18. The Labute approximate surface area is 110 Å². The molecule has 1 heterocycles. The molecule has 0 unspecified atom stereocenters. The molecule has 0 radical (unpaired) electrons. The van der Waals surface area contributed by atoms with Gasteiger partial charge in [0, 0.05) is 19.7 Å². The largest absolute Gasteiger partial charge is 0.381 e. The maximum Gasteiger partial charge on any atom is 0.353 e. The van der Waals surface area contributed by atoms with E-state index in [0.717, 1.165) is 12.8 Å². The highest BCUT2D eigenvalue weighted by Crippen LogP contribution is 2.32. The van der Waals surface area contributed by atoms with Crippen LogP contribution in [0.15, 0.2) is 6.33 Å². The van der Waals surface area contributed by atoms with Crippen LogP contribution in [-0.4, -0.2) is 40.7 Å². The number of nitrogens with one attached hydrogen (secondary N) is 2. The molecule has 2 rings (SSSR count). The van der Waals surface area contributed by atoms with E-state index in [2.05, 4.69) is 20.6 Å². The Kier molecular flexibility index (Phi) is 4.10. The number of hydrogen-bond acceptors (Lipinski definition) is 7. The van der Waals surface area contributed by atoms with Gasteiger partial charge < -0.3 is 15.4 Å². The number of nitrogens with zero attached hydrogens (tertiary/aromatic N) is 3. The minimum atomic E-state index is -0.465. The molecule has 0 aromatic carbocycles. The van der Waals surface area contributed by atoms with Gasteiger partial charge in [0.25, 0.3) is 0 Å². The first kappa shape index (κ1) is 13.5. The summed E-state index contributed by atoms with van der Waals surface area (Å²) in [6.45, 7) is 2.42. The van der Waals surface area contributed by atoms with E-state index in [9.17, 15) is 10.1 Å². The highest BCUT2D eigenvalue weighted by Gasteiger charge is 2.32. The van der Waals surface area contributed by atoms with Crippen LogP contribution in [-0.2, 0) is 4.74 Å². The molecule has 0 atom stereocenters. The van der Waals surface area contributed by atoms with E-state index in [1.165, 1.54) is 6.33 Å². The molecule has 104 valence electrons. The van der Waals surface area contributed by atoms with Gasteiger partial charge in [0.15, 0.2) is 0 Å². The topological polar surface area (TPSA) is 102 Å². The molecule has 0 spiro atoms. The van der Waals surface area contributed by atoms with Gasteiger partial charge in [0.1, 0.15) is 6.33 Å². The number of rotatable bonds is 6. The predicted molar refractivity (Wildman–Crippen MR) is 70.3 cm³/mol. The monoisotopic (exact) mass is 267 g/mol. The Balaban J connectivity index is 2.15. The quantitative estimate of drug-likeness (QED) is 0.593. The predicted octanol–water partition coefficient (Wildman–Crippen LogP) is 1.41. The van der Waals surface area contributed by atoms with Crippen LogP contribution < -0.4 is 10.6 Å². The lowest BCUT2D eigenvalue weighted by molar-refractivity contribution is -0.383. The van der Waals surface area contributed by atoms with Crippen molar-refractivity contribution in [1.29, 1.82) is 0 Å². The van der Waals surface area contributed by atoms with E-state index < -0.39 is 4.92 Å². The van der Waals surface area contributed by atoms with Gasteiger partial charge in [-0.1, -0.05) is 0 Å². The number of anilines is 2. The van der Waals surface area contributed by atoms with E-state index in [1.54, 1.807) is 7.11 Å². The molecular weight excluding hydrogens is 250 g/mol. The normalized spacial score (nSPS) is 21.6. The lowest BCUT2D eigenvalue weighted by atomic mass is 9.89. The number of ether oxygens (including phenoxy) is 1. The first-order chi connectivity index (χ1) is 9.15. The number of nitro groups is 1. The lowest BCUT2D eigenvalue weighted by Gasteiger charge is -2.34. The number of aromatic nitrogens is 2. The van der Waals surface area contributed by atoms with Crippen LogP contribution in [0.1, 0.15) is 19.8 Å². The highest BCUT2D eigenvalue weighted by atomic mass is 16.6. The lowest BCUT2D eigenvalue weighted by Crippen LogP contribution is -2.40. The van der Waals surface area contributed by atoms with Crippen LogP contribution in [0, 0.1) is 10.1 Å². The minimum absolute atomic E-state index is 0.106. The van der Waals surface area contributed by atoms with Crippen LogP contribution in [0.3, 0.4) is 0 Å². The molecule has 8 nitrogen and oxygen atoms in total. The molecule has 1 aromatic heterocycles. The van der Waals surface area contributed by atoms with Crippen molar-refractivity contribution in [1.82, 2.24) is 9.97 Å². The van der Waals surface area contributed by atoms with E-state index >= 15 is 0 Å². The highest BCUT2D eigenvalue weighted by molar-refractivity contribution is 5.69. The van der Waals surface area contributed by atoms with Crippen molar-refractivity contribution in [3.8, 4) is 0 Å². The third-order valence-electron chi connectivity index (χ3n) is 3.12. The maximum absolute atomic E-state index is 11.1. The zero-order valence-electron chi connectivity index (χ0n) is 10.9. The summed E-state index contributed by atoms with van der Waals surface area (Å²) in [5.41, 5.74) is -0.106. The smallest absolute Gasteiger partial charge is 0.353 e. The van der Waals surface area contributed by atoms with Crippen molar-refractivity contribution in [2.75, 3.05) is 24.3 Å². The van der Waals surface area contributed by atoms with Crippen molar-refractivity contribution in [3.05, 3.63) is 16.4 Å². The Hall–Kier alpha value is -1.96. The summed E-state index contributed by atoms with van der Waals surface area (Å²) in [6.07, 6.45) is 3.20. The van der Waals surface area contributed by atoms with Crippen molar-refractivity contribution in [2.45, 2.75) is 31.9 Å². The maximum atomic E-state index is 11.1. The van der Waals surface area contributed by atoms with Gasteiger partial charge in [-0.15, -0.1) is 0 Å². The van der Waals surface area contributed by atoms with Crippen LogP contribution in [0.4, 0.5) is 17.3 Å². The van der Waals surface area contributed by atoms with Crippen LogP contribution in [0.5, 0.6) is 0 Å². The van der Waals surface area contributed by atoms with Gasteiger partial charge in [0.05, 0.1) is 11.0 Å². The molecule has 8 heteroatoms. The molecule has 2 N–H and O–H groups in total. The molecular formula is C11H17N5O3. The van der Waals surface area contributed by atoms with Crippen molar-refractivity contribution >= 4 is 17.3 Å². The van der Waals surface area contributed by atoms with E-state index in [4.69, 9.17) is 4.74 Å². The van der Waals surface area contributed by atoms with Crippen molar-refractivity contribution in [3.63, 3.8) is 0 Å². The number of hydrogen-bond donors (Lipinski definition) is 2. The third-order valence-corrected chi connectivity index (χ3v) is 3.12. The van der Waals surface area contributed by atoms with Gasteiger partial charge in [-0.3, -0.25) is 10.1 Å². The SMILES string of the molecule is CCNc1ncnc(NC2CC(OC)C2)c1[N+](=O)[O-]. The fraction of sp³-hybridized carbons (Fsp3) is 0.636. The summed E-state index contributed by atoms with van der Waals surface area (Å²) in [5.74, 6) is 0.503. The average molecular weight is 267 g/mol. The molecule has 1 aliphatic carbocycles. The average Bonchev–Trinajstić information content (AvgIpc) is 2.33. The Morgan fingerprint density at radius 3 is 2.74 bits per heavy atom. The van der Waals surface area contributed by atoms with Gasteiger partial charge in [-0.2, -0.15) is 0 Å². The zero-order chi connectivity index (χ0) is 13.8. The summed E-state index contributed by atoms with van der Waals surface area (Å²) in [4.78, 5) is 18.6. The molecule has 0 amide bonds. The minimum Gasteiger partial charge on any atom is -0.381 e. The fourth-order valence-corrected chi connectivity index (χ4v) is 2.02. The molecule has 0 bridgehead atoms. The molecule has 1 fully saturated rings. The number of methoxy groups -OCH3 is 1. The Morgan fingerprint density at radius 1 is 1.47 bits per heavy atom. The first-order valence-corrected chi connectivity index (χ1v) is 6.18. The van der Waals surface area contributed by atoms with Gasteiger partial charge in [0.2, 0.25) is 11.6 Å². The zero-order valence-corrected chi connectivity index (χ0v) is 10.9. The Morgan fingerprint density at radius 2 is 2.16 bits per heavy atom. The van der Waals surface area contributed by atoms with Crippen LogP contribution in [0.2, 0.25) is 0 Å². The summed E-state index contributed by atoms with van der Waals surface area (Å²) >= 11 is 0. The molecule has 0 saturated heterocycles. The van der Waals surface area contributed by atoms with Crippen LogP contribution in [0.25, 0.3) is 0 Å². The van der Waals surface area contributed by atoms with Crippen molar-refractivity contribution < 1.29 is 9.66 Å². The van der Waals surface area contributed by atoms with E-state index in [0.29, 0.717) is 6.54 Å². The van der Waals surface area contributed by atoms with Gasteiger partial charge in [-0.25, -0.2) is 9.97 Å². The summed E-state index contributed by atoms with van der Waals surface area (Å²) < 4.78 is 5.18. The summed E-state index contributed by atoms with van der Waals surface area (Å²) in [6, 6.07) is 0.160. The third kappa shape index (κ3) is 2.90. The van der Waals surface area contributed by atoms with Gasteiger partial charge >= 0.3 is 5.69 Å². The fourth-order valence-electron chi connectivity index (χ4n) is 2.02. The van der Waals surface area contributed by atoms with E-state index in [-0.39, 0.29) is 29.5 Å². The second-order valence-corrected chi connectivity index (χ2v) is 4.38. The summed E-state index contributed by atoms with van der Waals surface area (Å²) in [7, 11) is 1.66. The van der Waals surface area contributed by atoms with Gasteiger partial charge in [-0.05, 0) is 19.8 Å². The molecule has 1 aromatic rings. The molecule has 1 saturated carbocycles. The van der Waals surface area contributed by atoms with E-state index in [1.807, 2.05) is 6.92 Å². The standard InChI is InChI=1S/C11H17N5O3/c1-3-12-10-9(16(17)18)11(14-6-13-10)15-7-4-8(5-7)19-2/h6-8H,3-5H2,1-2H3,(H2,12,13,14,15). The van der Waals surface area contributed by atoms with Crippen LogP contribution >= 0.6 is 0 Å².